The summed E-state index contributed by atoms with van der Waals surface area (Å²) < 4.78 is 0. The van der Waals surface area contributed by atoms with Crippen molar-refractivity contribution in [3.8, 4) is 0 Å². The zero-order valence-corrected chi connectivity index (χ0v) is 10.3. The maximum absolute atomic E-state index is 11.1. The van der Waals surface area contributed by atoms with Gasteiger partial charge in [-0.1, -0.05) is 30.3 Å². The van der Waals surface area contributed by atoms with Crippen LogP contribution in [0.1, 0.15) is 11.1 Å². The lowest BCUT2D eigenvalue weighted by Crippen LogP contribution is -1.97. The van der Waals surface area contributed by atoms with E-state index >= 15 is 0 Å². The fourth-order valence-corrected chi connectivity index (χ4v) is 1.74. The average Bonchev–Trinajstić information content (AvgIpc) is 2.45. The first kappa shape index (κ1) is 13.4. The van der Waals surface area contributed by atoms with Gasteiger partial charge in [0.2, 0.25) is 0 Å². The first-order chi connectivity index (χ1) is 9.58. The van der Waals surface area contributed by atoms with E-state index in [9.17, 15) is 20.2 Å². The molecule has 0 saturated heterocycles. The van der Waals surface area contributed by atoms with Gasteiger partial charge in [0, 0.05) is 18.2 Å². The summed E-state index contributed by atoms with van der Waals surface area (Å²) in [5.74, 6) is 0. The standard InChI is InChI=1S/C14H10N2O4/c17-15(18)13-8-4-5-11(9-13)10-14(16(19)20)12-6-2-1-3-7-12/h1-10H/b14-10-. The van der Waals surface area contributed by atoms with E-state index in [1.165, 1.54) is 24.3 Å². The van der Waals surface area contributed by atoms with Crippen molar-refractivity contribution < 1.29 is 9.85 Å². The van der Waals surface area contributed by atoms with E-state index in [4.69, 9.17) is 0 Å². The Kier molecular flexibility index (Phi) is 3.85. The van der Waals surface area contributed by atoms with Crippen LogP contribution in [0.25, 0.3) is 11.8 Å². The minimum Gasteiger partial charge on any atom is -0.258 e. The molecule has 100 valence electrons. The van der Waals surface area contributed by atoms with Crippen LogP contribution in [0.2, 0.25) is 0 Å². The molecule has 2 aromatic rings. The van der Waals surface area contributed by atoms with Crippen molar-refractivity contribution in [3.05, 3.63) is 86.0 Å². The first-order valence-electron chi connectivity index (χ1n) is 5.74. The summed E-state index contributed by atoms with van der Waals surface area (Å²) in [6.45, 7) is 0. The van der Waals surface area contributed by atoms with Gasteiger partial charge in [-0.2, -0.15) is 0 Å². The first-order valence-corrected chi connectivity index (χ1v) is 5.74. The zero-order chi connectivity index (χ0) is 14.5. The molecule has 0 heterocycles. The van der Waals surface area contributed by atoms with Gasteiger partial charge < -0.3 is 0 Å². The third-order valence-electron chi connectivity index (χ3n) is 2.65. The molecule has 2 aromatic carbocycles. The number of hydrogen-bond donors (Lipinski definition) is 0. The van der Waals surface area contributed by atoms with E-state index in [0.717, 1.165) is 0 Å². The molecule has 0 spiro atoms. The molecule has 0 bridgehead atoms. The molecule has 0 N–H and O–H groups in total. The molecule has 0 fully saturated rings. The van der Waals surface area contributed by atoms with E-state index in [2.05, 4.69) is 0 Å². The summed E-state index contributed by atoms with van der Waals surface area (Å²) in [5, 5.41) is 21.8. The third kappa shape index (κ3) is 3.05. The molecular weight excluding hydrogens is 260 g/mol. The van der Waals surface area contributed by atoms with Gasteiger partial charge in [0.25, 0.3) is 11.4 Å². The highest BCUT2D eigenvalue weighted by molar-refractivity contribution is 5.76. The quantitative estimate of drug-likeness (QED) is 0.484. The molecule has 20 heavy (non-hydrogen) atoms. The molecule has 6 nitrogen and oxygen atoms in total. The minimum absolute atomic E-state index is 0.102. The largest absolute Gasteiger partial charge is 0.277 e. The lowest BCUT2D eigenvalue weighted by molar-refractivity contribution is -0.384. The molecule has 0 amide bonds. The molecule has 0 aliphatic rings. The highest BCUT2D eigenvalue weighted by atomic mass is 16.6. The number of rotatable bonds is 4. The fraction of sp³-hybridized carbons (Fsp3) is 0. The van der Waals surface area contributed by atoms with Gasteiger partial charge >= 0.3 is 0 Å². The number of hydrogen-bond acceptors (Lipinski definition) is 4. The van der Waals surface area contributed by atoms with Crippen molar-refractivity contribution in [1.29, 1.82) is 0 Å². The Morgan fingerprint density at radius 2 is 1.65 bits per heavy atom. The minimum atomic E-state index is -0.536. The SMILES string of the molecule is O=[N+]([O-])/C(=C\c1cccc([N+](=O)[O-])c1)c1ccccc1. The van der Waals surface area contributed by atoms with Crippen LogP contribution < -0.4 is 0 Å². The normalized spacial score (nSPS) is 11.1. The van der Waals surface area contributed by atoms with Gasteiger partial charge in [0.15, 0.2) is 0 Å². The van der Waals surface area contributed by atoms with E-state index in [1.807, 2.05) is 0 Å². The van der Waals surface area contributed by atoms with E-state index < -0.39 is 9.85 Å². The molecule has 6 heteroatoms. The Bertz CT molecular complexity index is 681. The molecule has 0 atom stereocenters. The van der Waals surface area contributed by atoms with Crippen molar-refractivity contribution >= 4 is 17.5 Å². The van der Waals surface area contributed by atoms with Crippen LogP contribution in [0, 0.1) is 20.2 Å². The summed E-state index contributed by atoms with van der Waals surface area (Å²) in [6, 6.07) is 14.1. The molecule has 0 aromatic heterocycles. The fourth-order valence-electron chi connectivity index (χ4n) is 1.74. The Balaban J connectivity index is 2.47. The van der Waals surface area contributed by atoms with Gasteiger partial charge in [-0.15, -0.1) is 0 Å². The van der Waals surface area contributed by atoms with Crippen molar-refractivity contribution in [2.75, 3.05) is 0 Å². The molecule has 0 aliphatic heterocycles. The molecule has 0 saturated carbocycles. The van der Waals surface area contributed by atoms with Gasteiger partial charge in [-0.3, -0.25) is 20.2 Å². The predicted octanol–water partition coefficient (Wildman–Crippen LogP) is 3.37. The molecule has 0 unspecified atom stereocenters. The Morgan fingerprint density at radius 3 is 2.25 bits per heavy atom. The van der Waals surface area contributed by atoms with Crippen LogP contribution in [-0.4, -0.2) is 9.85 Å². The van der Waals surface area contributed by atoms with Gasteiger partial charge in [0.1, 0.15) is 0 Å². The van der Waals surface area contributed by atoms with Gasteiger partial charge in [0.05, 0.1) is 15.4 Å². The number of nitro groups is 2. The third-order valence-corrected chi connectivity index (χ3v) is 2.65. The highest BCUT2D eigenvalue weighted by Gasteiger charge is 2.14. The van der Waals surface area contributed by atoms with Gasteiger partial charge in [-0.05, 0) is 17.7 Å². The van der Waals surface area contributed by atoms with Crippen molar-refractivity contribution in [2.24, 2.45) is 0 Å². The van der Waals surface area contributed by atoms with Crippen molar-refractivity contribution in [1.82, 2.24) is 0 Å². The summed E-state index contributed by atoms with van der Waals surface area (Å²) in [6.07, 6.45) is 1.32. The molecule has 2 rings (SSSR count). The second kappa shape index (κ2) is 5.75. The zero-order valence-electron chi connectivity index (χ0n) is 10.3. The smallest absolute Gasteiger partial charge is 0.258 e. The second-order valence-electron chi connectivity index (χ2n) is 4.00. The maximum Gasteiger partial charge on any atom is 0.277 e. The number of benzene rings is 2. The Labute approximate surface area is 114 Å². The molecule has 0 aliphatic carbocycles. The summed E-state index contributed by atoms with van der Waals surface area (Å²) in [5.41, 5.74) is 0.652. The number of nitrogens with zero attached hydrogens (tertiary/aromatic N) is 2. The average molecular weight is 270 g/mol. The predicted molar refractivity (Wildman–Crippen MR) is 74.4 cm³/mol. The molecular formula is C14H10N2O4. The van der Waals surface area contributed by atoms with Crippen LogP contribution in [0.3, 0.4) is 0 Å². The Morgan fingerprint density at radius 1 is 0.950 bits per heavy atom. The van der Waals surface area contributed by atoms with Gasteiger partial charge in [-0.25, -0.2) is 0 Å². The summed E-state index contributed by atoms with van der Waals surface area (Å²) >= 11 is 0. The van der Waals surface area contributed by atoms with Crippen LogP contribution in [0.4, 0.5) is 5.69 Å². The maximum atomic E-state index is 11.1. The Hall–Kier alpha value is -3.02. The highest BCUT2D eigenvalue weighted by Crippen LogP contribution is 2.21. The number of nitro benzene ring substituents is 1. The summed E-state index contributed by atoms with van der Waals surface area (Å²) in [4.78, 5) is 20.8. The van der Waals surface area contributed by atoms with E-state index in [0.29, 0.717) is 11.1 Å². The number of non-ortho nitro benzene ring substituents is 1. The van der Waals surface area contributed by atoms with Crippen LogP contribution in [-0.2, 0) is 0 Å². The lowest BCUT2D eigenvalue weighted by Gasteiger charge is -1.99. The van der Waals surface area contributed by atoms with Crippen LogP contribution >= 0.6 is 0 Å². The van der Waals surface area contributed by atoms with E-state index in [-0.39, 0.29) is 11.4 Å². The monoisotopic (exact) mass is 270 g/mol. The van der Waals surface area contributed by atoms with Crippen LogP contribution in [0.15, 0.2) is 54.6 Å². The van der Waals surface area contributed by atoms with Crippen molar-refractivity contribution in [2.45, 2.75) is 0 Å². The summed E-state index contributed by atoms with van der Waals surface area (Å²) in [7, 11) is 0. The van der Waals surface area contributed by atoms with E-state index in [1.54, 1.807) is 36.4 Å². The lowest BCUT2D eigenvalue weighted by atomic mass is 10.1. The molecule has 0 radical (unpaired) electrons. The topological polar surface area (TPSA) is 86.3 Å². The van der Waals surface area contributed by atoms with Crippen molar-refractivity contribution in [3.63, 3.8) is 0 Å². The second-order valence-corrected chi connectivity index (χ2v) is 4.00. The van der Waals surface area contributed by atoms with Crippen LogP contribution in [0.5, 0.6) is 0 Å².